The van der Waals surface area contributed by atoms with Gasteiger partial charge in [-0.05, 0) is 18.8 Å². The summed E-state index contributed by atoms with van der Waals surface area (Å²) in [6.07, 6.45) is 3.13. The zero-order valence-electron chi connectivity index (χ0n) is 9.71. The predicted octanol–water partition coefficient (Wildman–Crippen LogP) is 2.25. The number of aliphatic carboxylic acids is 1. The Balaban J connectivity index is 4.55. The van der Waals surface area contributed by atoms with Gasteiger partial charge in [0.15, 0.2) is 0 Å². The monoisotopic (exact) mass is 201 g/mol. The van der Waals surface area contributed by atoms with Crippen LogP contribution in [0.3, 0.4) is 0 Å². The van der Waals surface area contributed by atoms with Crippen LogP contribution in [0.1, 0.15) is 47.0 Å². The Morgan fingerprint density at radius 2 is 2.00 bits per heavy atom. The first kappa shape index (κ1) is 13.4. The maximum absolute atomic E-state index is 11.0. The normalized spacial score (nSPS) is 19.8. The van der Waals surface area contributed by atoms with Crippen molar-refractivity contribution in [3.63, 3.8) is 0 Å². The van der Waals surface area contributed by atoms with Gasteiger partial charge in [0.1, 0.15) is 5.54 Å². The summed E-state index contributed by atoms with van der Waals surface area (Å²) in [6, 6.07) is 0. The summed E-state index contributed by atoms with van der Waals surface area (Å²) in [6.45, 7) is 7.76. The van der Waals surface area contributed by atoms with Crippen molar-refractivity contribution < 1.29 is 9.90 Å². The minimum atomic E-state index is -1.10. The lowest BCUT2D eigenvalue weighted by Gasteiger charge is -2.33. The Labute approximate surface area is 86.7 Å². The molecule has 0 rings (SSSR count). The molecule has 0 radical (unpaired) electrons. The maximum Gasteiger partial charge on any atom is 0.323 e. The number of carboxylic acids is 1. The van der Waals surface area contributed by atoms with Gasteiger partial charge in [0.05, 0.1) is 0 Å². The van der Waals surface area contributed by atoms with Gasteiger partial charge >= 0.3 is 5.97 Å². The van der Waals surface area contributed by atoms with E-state index in [0.29, 0.717) is 5.92 Å². The van der Waals surface area contributed by atoms with Crippen LogP contribution in [-0.2, 0) is 4.79 Å². The molecule has 0 spiro atoms. The van der Waals surface area contributed by atoms with Crippen LogP contribution in [-0.4, -0.2) is 16.6 Å². The summed E-state index contributed by atoms with van der Waals surface area (Å²) in [5.74, 6) is -0.476. The van der Waals surface area contributed by atoms with E-state index in [1.54, 1.807) is 6.92 Å². The molecular formula is C11H23NO2. The maximum atomic E-state index is 11.0. The van der Waals surface area contributed by atoms with Crippen molar-refractivity contribution in [1.29, 1.82) is 0 Å². The van der Waals surface area contributed by atoms with Gasteiger partial charge in [-0.3, -0.25) is 4.79 Å². The summed E-state index contributed by atoms with van der Waals surface area (Å²) in [7, 11) is 0. The highest BCUT2D eigenvalue weighted by Gasteiger charge is 2.37. The first-order chi connectivity index (χ1) is 6.37. The van der Waals surface area contributed by atoms with E-state index in [1.165, 1.54) is 0 Å². The molecule has 0 aliphatic rings. The first-order valence-corrected chi connectivity index (χ1v) is 5.40. The lowest BCUT2D eigenvalue weighted by atomic mass is 9.75. The molecule has 84 valence electrons. The molecule has 3 N–H and O–H groups in total. The average Bonchev–Trinajstić information content (AvgIpc) is 2.12. The molecule has 0 saturated heterocycles. The van der Waals surface area contributed by atoms with E-state index in [2.05, 4.69) is 13.8 Å². The summed E-state index contributed by atoms with van der Waals surface area (Å²) in [5.41, 5.74) is 4.71. The third-order valence-electron chi connectivity index (χ3n) is 3.30. The van der Waals surface area contributed by atoms with Gasteiger partial charge < -0.3 is 10.8 Å². The molecule has 0 aromatic carbocycles. The van der Waals surface area contributed by atoms with Crippen LogP contribution in [0.15, 0.2) is 0 Å². The minimum absolute atomic E-state index is 0.0185. The summed E-state index contributed by atoms with van der Waals surface area (Å²) >= 11 is 0. The van der Waals surface area contributed by atoms with Gasteiger partial charge in [0, 0.05) is 0 Å². The van der Waals surface area contributed by atoms with Gasteiger partial charge in [0.25, 0.3) is 0 Å². The van der Waals surface area contributed by atoms with Crippen LogP contribution in [0.2, 0.25) is 0 Å². The predicted molar refractivity (Wildman–Crippen MR) is 58.1 cm³/mol. The second kappa shape index (κ2) is 5.35. The SMILES string of the molecule is CCCC(CC)C(C)C(C)(N)C(=O)O. The van der Waals surface area contributed by atoms with Crippen molar-refractivity contribution in [2.24, 2.45) is 17.6 Å². The third-order valence-corrected chi connectivity index (χ3v) is 3.30. The Hall–Kier alpha value is -0.570. The first-order valence-electron chi connectivity index (χ1n) is 5.40. The smallest absolute Gasteiger partial charge is 0.323 e. The summed E-state index contributed by atoms with van der Waals surface area (Å²) in [5, 5.41) is 9.00. The summed E-state index contributed by atoms with van der Waals surface area (Å²) < 4.78 is 0. The fourth-order valence-electron chi connectivity index (χ4n) is 1.86. The number of carbonyl (C=O) groups is 1. The fourth-order valence-corrected chi connectivity index (χ4v) is 1.86. The van der Waals surface area contributed by atoms with E-state index in [0.717, 1.165) is 19.3 Å². The van der Waals surface area contributed by atoms with Gasteiger partial charge in [-0.15, -0.1) is 0 Å². The molecule has 14 heavy (non-hydrogen) atoms. The number of nitrogens with two attached hydrogens (primary N) is 1. The van der Waals surface area contributed by atoms with E-state index in [1.807, 2.05) is 6.92 Å². The van der Waals surface area contributed by atoms with Crippen molar-refractivity contribution >= 4 is 5.97 Å². The molecule has 0 saturated carbocycles. The molecular weight excluding hydrogens is 178 g/mol. The van der Waals surface area contributed by atoms with Gasteiger partial charge in [0.2, 0.25) is 0 Å². The third kappa shape index (κ3) is 2.98. The van der Waals surface area contributed by atoms with E-state index >= 15 is 0 Å². The van der Waals surface area contributed by atoms with Crippen LogP contribution in [0, 0.1) is 11.8 Å². The van der Waals surface area contributed by atoms with Gasteiger partial charge in [-0.2, -0.15) is 0 Å². The molecule has 3 nitrogen and oxygen atoms in total. The Bertz CT molecular complexity index is 190. The van der Waals surface area contributed by atoms with E-state index in [9.17, 15) is 4.79 Å². The Kier molecular flexibility index (Phi) is 5.13. The standard InChI is InChI=1S/C11H23NO2/c1-5-7-9(6-2)8(3)11(4,12)10(13)14/h8-9H,5-7,12H2,1-4H3,(H,13,14). The van der Waals surface area contributed by atoms with Crippen LogP contribution in [0.5, 0.6) is 0 Å². The van der Waals surface area contributed by atoms with Crippen molar-refractivity contribution in [3.8, 4) is 0 Å². The molecule has 3 atom stereocenters. The molecule has 0 bridgehead atoms. The van der Waals surface area contributed by atoms with Gasteiger partial charge in [-0.25, -0.2) is 0 Å². The molecule has 0 amide bonds. The van der Waals surface area contributed by atoms with Crippen LogP contribution >= 0.6 is 0 Å². The topological polar surface area (TPSA) is 63.3 Å². The highest BCUT2D eigenvalue weighted by atomic mass is 16.4. The van der Waals surface area contributed by atoms with Crippen LogP contribution in [0.25, 0.3) is 0 Å². The molecule has 3 unspecified atom stereocenters. The zero-order chi connectivity index (χ0) is 11.4. The van der Waals surface area contributed by atoms with Crippen molar-refractivity contribution in [2.45, 2.75) is 52.5 Å². The molecule has 0 fully saturated rings. The van der Waals surface area contributed by atoms with Crippen molar-refractivity contribution in [1.82, 2.24) is 0 Å². The highest BCUT2D eigenvalue weighted by Crippen LogP contribution is 2.28. The van der Waals surface area contributed by atoms with E-state index in [4.69, 9.17) is 10.8 Å². The number of hydrogen-bond donors (Lipinski definition) is 2. The van der Waals surface area contributed by atoms with Crippen LogP contribution < -0.4 is 5.73 Å². The molecule has 3 heteroatoms. The zero-order valence-corrected chi connectivity index (χ0v) is 9.71. The minimum Gasteiger partial charge on any atom is -0.480 e. The average molecular weight is 201 g/mol. The van der Waals surface area contributed by atoms with Crippen LogP contribution in [0.4, 0.5) is 0 Å². The van der Waals surface area contributed by atoms with E-state index < -0.39 is 11.5 Å². The van der Waals surface area contributed by atoms with Crippen molar-refractivity contribution in [3.05, 3.63) is 0 Å². The Morgan fingerprint density at radius 1 is 1.50 bits per heavy atom. The quantitative estimate of drug-likeness (QED) is 0.692. The molecule has 0 aliphatic heterocycles. The molecule has 0 aliphatic carbocycles. The lowest BCUT2D eigenvalue weighted by molar-refractivity contribution is -0.145. The lowest BCUT2D eigenvalue weighted by Crippen LogP contribution is -2.52. The van der Waals surface area contributed by atoms with Crippen molar-refractivity contribution in [2.75, 3.05) is 0 Å². The largest absolute Gasteiger partial charge is 0.480 e. The fraction of sp³-hybridized carbons (Fsp3) is 0.909. The number of hydrogen-bond acceptors (Lipinski definition) is 2. The summed E-state index contributed by atoms with van der Waals surface area (Å²) in [4.78, 5) is 11.0. The molecule has 0 aromatic heterocycles. The molecule has 0 heterocycles. The highest BCUT2D eigenvalue weighted by molar-refractivity contribution is 5.78. The Morgan fingerprint density at radius 3 is 2.29 bits per heavy atom. The van der Waals surface area contributed by atoms with Gasteiger partial charge in [-0.1, -0.05) is 40.0 Å². The number of carboxylic acid groups (broad SMARTS) is 1. The molecule has 0 aromatic rings. The van der Waals surface area contributed by atoms with E-state index in [-0.39, 0.29) is 5.92 Å². The second-order valence-corrected chi connectivity index (χ2v) is 4.33. The number of rotatable bonds is 6. The second-order valence-electron chi connectivity index (χ2n) is 4.33.